The molecule has 0 spiro atoms. The molecule has 5 heteroatoms. The monoisotopic (exact) mass is 703 g/mol. The van der Waals surface area contributed by atoms with Gasteiger partial charge in [-0.1, -0.05) is 146 Å². The Hall–Kier alpha value is -7.50. The quantitative estimate of drug-likeness (QED) is 0.166. The lowest BCUT2D eigenvalue weighted by atomic mass is 9.98. The molecule has 0 unspecified atom stereocenters. The Morgan fingerprint density at radius 2 is 0.745 bits per heavy atom. The van der Waals surface area contributed by atoms with Crippen LogP contribution in [0.15, 0.2) is 200 Å². The number of pyridine rings is 1. The highest BCUT2D eigenvalue weighted by Gasteiger charge is 2.15. The van der Waals surface area contributed by atoms with E-state index in [-0.39, 0.29) is 0 Å². The number of hydrogen-bond donors (Lipinski definition) is 0. The van der Waals surface area contributed by atoms with Gasteiger partial charge >= 0.3 is 0 Å². The Labute approximate surface area is 318 Å². The topological polar surface area (TPSA) is 56.5 Å². The summed E-state index contributed by atoms with van der Waals surface area (Å²) in [6, 6.07) is 65.7. The SMILES string of the molecule is c1ccc(-c2nc(-c3ccc(-c4ccc(-c5ccc6c7ccccc7n(-c7ccccc7)c6c5)cc4)cc3)nc(-c3cccc(-c4ccncc4)c3)n2)cc1. The molecule has 0 fully saturated rings. The van der Waals surface area contributed by atoms with Gasteiger partial charge in [-0.25, -0.2) is 15.0 Å². The van der Waals surface area contributed by atoms with Crippen molar-refractivity contribution in [2.45, 2.75) is 0 Å². The van der Waals surface area contributed by atoms with E-state index in [1.807, 2.05) is 67.0 Å². The molecule has 0 aliphatic rings. The molecule has 258 valence electrons. The van der Waals surface area contributed by atoms with Crippen LogP contribution in [0.3, 0.4) is 0 Å². The van der Waals surface area contributed by atoms with E-state index in [1.54, 1.807) is 0 Å². The van der Waals surface area contributed by atoms with Crippen LogP contribution in [0.5, 0.6) is 0 Å². The molecule has 0 aliphatic heterocycles. The Morgan fingerprint density at radius 1 is 0.291 bits per heavy atom. The smallest absolute Gasteiger partial charge is 0.164 e. The van der Waals surface area contributed by atoms with Crippen LogP contribution in [0.2, 0.25) is 0 Å². The lowest BCUT2D eigenvalue weighted by Crippen LogP contribution is -2.00. The van der Waals surface area contributed by atoms with Gasteiger partial charge in [-0.3, -0.25) is 4.98 Å². The molecule has 3 heterocycles. The van der Waals surface area contributed by atoms with Crippen molar-refractivity contribution >= 4 is 21.8 Å². The zero-order valence-electron chi connectivity index (χ0n) is 29.8. The molecule has 0 saturated heterocycles. The van der Waals surface area contributed by atoms with Crippen molar-refractivity contribution < 1.29 is 0 Å². The number of nitrogens with zero attached hydrogens (tertiary/aromatic N) is 5. The molecule has 10 aromatic rings. The molecule has 5 nitrogen and oxygen atoms in total. The zero-order chi connectivity index (χ0) is 36.6. The van der Waals surface area contributed by atoms with Gasteiger partial charge in [0.1, 0.15) is 0 Å². The first-order chi connectivity index (χ1) is 27.2. The summed E-state index contributed by atoms with van der Waals surface area (Å²) in [6.45, 7) is 0. The van der Waals surface area contributed by atoms with Crippen LogP contribution in [0, 0.1) is 0 Å². The summed E-state index contributed by atoms with van der Waals surface area (Å²) in [5.41, 5.74) is 13.1. The molecule has 0 radical (unpaired) electrons. The number of hydrogen-bond acceptors (Lipinski definition) is 4. The Morgan fingerprint density at radius 3 is 1.44 bits per heavy atom. The van der Waals surface area contributed by atoms with Crippen LogP contribution in [0.1, 0.15) is 0 Å². The van der Waals surface area contributed by atoms with Crippen molar-refractivity contribution in [1.29, 1.82) is 0 Å². The maximum absolute atomic E-state index is 5.01. The van der Waals surface area contributed by atoms with Crippen molar-refractivity contribution in [2.24, 2.45) is 0 Å². The van der Waals surface area contributed by atoms with Crippen molar-refractivity contribution in [3.05, 3.63) is 200 Å². The minimum Gasteiger partial charge on any atom is -0.309 e. The van der Waals surface area contributed by atoms with Gasteiger partial charge in [-0.2, -0.15) is 0 Å². The number of aromatic nitrogens is 5. The second-order valence-electron chi connectivity index (χ2n) is 13.6. The standard InChI is InChI=1S/C50H33N5/c1-3-10-38(11-4-1)48-52-49(54-50(53-48)42-13-9-12-40(32-42)37-28-30-51-31-29-37)39-24-22-35(23-25-39)34-18-20-36(21-19-34)41-26-27-45-44-16-7-8-17-46(44)55(47(45)33-41)43-14-5-2-6-15-43/h1-33H. The molecule has 3 aromatic heterocycles. The molecule has 0 bridgehead atoms. The Bertz CT molecular complexity index is 2940. The highest BCUT2D eigenvalue weighted by molar-refractivity contribution is 6.10. The number of para-hydroxylation sites is 2. The fraction of sp³-hybridized carbons (Fsp3) is 0. The van der Waals surface area contributed by atoms with Gasteiger partial charge in [0.05, 0.1) is 11.0 Å². The summed E-state index contributed by atoms with van der Waals surface area (Å²) in [6.07, 6.45) is 3.61. The maximum atomic E-state index is 5.01. The van der Waals surface area contributed by atoms with Gasteiger partial charge in [-0.15, -0.1) is 0 Å². The van der Waals surface area contributed by atoms with Crippen molar-refractivity contribution in [2.75, 3.05) is 0 Å². The van der Waals surface area contributed by atoms with E-state index < -0.39 is 0 Å². The first-order valence-electron chi connectivity index (χ1n) is 18.4. The van der Waals surface area contributed by atoms with Crippen LogP contribution in [0.25, 0.3) is 95.0 Å². The fourth-order valence-corrected chi connectivity index (χ4v) is 7.40. The van der Waals surface area contributed by atoms with Gasteiger partial charge < -0.3 is 4.57 Å². The summed E-state index contributed by atoms with van der Waals surface area (Å²) in [5.74, 6) is 1.89. The van der Waals surface area contributed by atoms with Crippen molar-refractivity contribution in [3.8, 4) is 73.2 Å². The van der Waals surface area contributed by atoms with E-state index in [1.165, 1.54) is 32.9 Å². The Kier molecular flexibility index (Phi) is 8.08. The first kappa shape index (κ1) is 32.2. The average molecular weight is 704 g/mol. The summed E-state index contributed by atoms with van der Waals surface area (Å²) in [4.78, 5) is 19.1. The Balaban J connectivity index is 0.974. The van der Waals surface area contributed by atoms with Crippen LogP contribution in [0.4, 0.5) is 0 Å². The molecule has 0 aliphatic carbocycles. The third-order valence-electron chi connectivity index (χ3n) is 10.2. The van der Waals surface area contributed by atoms with Crippen molar-refractivity contribution in [1.82, 2.24) is 24.5 Å². The number of fused-ring (bicyclic) bond motifs is 3. The van der Waals surface area contributed by atoms with E-state index in [9.17, 15) is 0 Å². The van der Waals surface area contributed by atoms with Gasteiger partial charge in [0.15, 0.2) is 17.5 Å². The van der Waals surface area contributed by atoms with Crippen molar-refractivity contribution in [3.63, 3.8) is 0 Å². The molecule has 0 N–H and O–H groups in total. The molecule has 10 rings (SSSR count). The highest BCUT2D eigenvalue weighted by Crippen LogP contribution is 2.36. The summed E-state index contributed by atoms with van der Waals surface area (Å²) in [7, 11) is 0. The predicted molar refractivity (Wildman–Crippen MR) is 225 cm³/mol. The molecule has 0 atom stereocenters. The minimum absolute atomic E-state index is 0.627. The predicted octanol–water partition coefficient (Wildman–Crippen LogP) is 12.4. The largest absolute Gasteiger partial charge is 0.309 e. The summed E-state index contributed by atoms with van der Waals surface area (Å²) in [5, 5.41) is 2.51. The fourth-order valence-electron chi connectivity index (χ4n) is 7.40. The van der Waals surface area contributed by atoms with Crippen LogP contribution >= 0.6 is 0 Å². The lowest BCUT2D eigenvalue weighted by Gasteiger charge is -2.11. The van der Waals surface area contributed by atoms with E-state index in [0.717, 1.165) is 44.6 Å². The third-order valence-corrected chi connectivity index (χ3v) is 10.2. The van der Waals surface area contributed by atoms with E-state index in [4.69, 9.17) is 15.0 Å². The average Bonchev–Trinajstić information content (AvgIpc) is 3.61. The second-order valence-corrected chi connectivity index (χ2v) is 13.6. The minimum atomic E-state index is 0.627. The lowest BCUT2D eigenvalue weighted by molar-refractivity contribution is 1.07. The van der Waals surface area contributed by atoms with Gasteiger partial charge in [0.2, 0.25) is 0 Å². The normalized spacial score (nSPS) is 11.3. The van der Waals surface area contributed by atoms with Crippen LogP contribution in [-0.4, -0.2) is 24.5 Å². The molecule has 55 heavy (non-hydrogen) atoms. The van der Waals surface area contributed by atoms with E-state index in [2.05, 4.69) is 143 Å². The first-order valence-corrected chi connectivity index (χ1v) is 18.4. The van der Waals surface area contributed by atoms with Crippen LogP contribution in [-0.2, 0) is 0 Å². The number of benzene rings is 7. The van der Waals surface area contributed by atoms with Gasteiger partial charge in [-0.05, 0) is 75.8 Å². The number of rotatable bonds is 7. The van der Waals surface area contributed by atoms with Crippen LogP contribution < -0.4 is 0 Å². The molecular weight excluding hydrogens is 671 g/mol. The maximum Gasteiger partial charge on any atom is 0.164 e. The second kappa shape index (κ2) is 13.8. The molecule has 7 aromatic carbocycles. The zero-order valence-corrected chi connectivity index (χ0v) is 29.8. The molecular formula is C50H33N5. The van der Waals surface area contributed by atoms with Gasteiger partial charge in [0.25, 0.3) is 0 Å². The summed E-state index contributed by atoms with van der Waals surface area (Å²) < 4.78 is 2.36. The highest BCUT2D eigenvalue weighted by atomic mass is 15.0. The molecule has 0 amide bonds. The van der Waals surface area contributed by atoms with Gasteiger partial charge in [0, 0.05) is 45.5 Å². The summed E-state index contributed by atoms with van der Waals surface area (Å²) >= 11 is 0. The molecule has 0 saturated carbocycles. The van der Waals surface area contributed by atoms with E-state index in [0.29, 0.717) is 17.5 Å². The van der Waals surface area contributed by atoms with E-state index >= 15 is 0 Å². The third kappa shape index (κ3) is 6.14.